The average Bonchev–Trinajstić information content (AvgIpc) is 3.55. The molecule has 4 aromatic heterocycles. The van der Waals surface area contributed by atoms with Crippen molar-refractivity contribution in [1.82, 2.24) is 34.7 Å². The molecular formula is C22H13ClF3N9O3. The van der Waals surface area contributed by atoms with Gasteiger partial charge in [0.25, 0.3) is 5.91 Å². The zero-order chi connectivity index (χ0) is 27.0. The van der Waals surface area contributed by atoms with E-state index >= 15 is 0 Å². The number of rotatable bonds is 5. The number of hydrogen-bond donors (Lipinski definition) is 3. The minimum Gasteiger partial charge on any atom is -0.465 e. The molecule has 0 aliphatic heterocycles. The van der Waals surface area contributed by atoms with E-state index in [1.54, 1.807) is 12.1 Å². The highest BCUT2D eigenvalue weighted by Gasteiger charge is 2.41. The number of benzene rings is 1. The van der Waals surface area contributed by atoms with Gasteiger partial charge in [-0.1, -0.05) is 35.9 Å². The summed E-state index contributed by atoms with van der Waals surface area (Å²) < 4.78 is 43.3. The molecule has 5 rings (SSSR count). The fraction of sp³-hybridized carbons (Fsp3) is 0.0455. The van der Waals surface area contributed by atoms with Crippen LogP contribution >= 0.6 is 11.6 Å². The van der Waals surface area contributed by atoms with Crippen molar-refractivity contribution in [3.63, 3.8) is 0 Å². The number of pyridine rings is 2. The van der Waals surface area contributed by atoms with Crippen LogP contribution in [0.15, 0.2) is 61.3 Å². The number of carbonyl (C=O) groups is 2. The minimum atomic E-state index is -5.01. The molecule has 16 heteroatoms. The number of fused-ring (bicyclic) bond motifs is 1. The quantitative estimate of drug-likeness (QED) is 0.295. The molecule has 0 saturated heterocycles. The third kappa shape index (κ3) is 4.57. The van der Waals surface area contributed by atoms with Crippen LogP contribution in [0.3, 0.4) is 0 Å². The summed E-state index contributed by atoms with van der Waals surface area (Å²) in [4.78, 5) is 33.2. The molecule has 5 aromatic rings. The van der Waals surface area contributed by atoms with E-state index < -0.39 is 29.4 Å². The van der Waals surface area contributed by atoms with Crippen LogP contribution in [0.2, 0.25) is 5.02 Å². The van der Waals surface area contributed by atoms with Gasteiger partial charge in [0.15, 0.2) is 11.5 Å². The van der Waals surface area contributed by atoms with Gasteiger partial charge >= 0.3 is 12.3 Å². The maximum atomic E-state index is 14.3. The van der Waals surface area contributed by atoms with E-state index in [1.807, 2.05) is 0 Å². The third-order valence-corrected chi connectivity index (χ3v) is 5.48. The van der Waals surface area contributed by atoms with Crippen LogP contribution in [0.1, 0.15) is 16.1 Å². The molecule has 0 aliphatic rings. The first-order chi connectivity index (χ1) is 18.1. The van der Waals surface area contributed by atoms with Gasteiger partial charge < -0.3 is 10.4 Å². The Balaban J connectivity index is 1.54. The molecule has 0 fully saturated rings. The first-order valence-electron chi connectivity index (χ1n) is 10.5. The van der Waals surface area contributed by atoms with Gasteiger partial charge in [-0.3, -0.25) is 10.1 Å². The molecule has 0 aliphatic carbocycles. The minimum absolute atomic E-state index is 0.0213. The number of aromatic nitrogens is 7. The summed E-state index contributed by atoms with van der Waals surface area (Å²) in [5.74, 6) is -1.04. The highest BCUT2D eigenvalue weighted by atomic mass is 35.5. The van der Waals surface area contributed by atoms with Crippen molar-refractivity contribution in [2.45, 2.75) is 6.18 Å². The highest BCUT2D eigenvalue weighted by molar-refractivity contribution is 6.32. The number of nitrogens with one attached hydrogen (secondary N) is 2. The molecule has 0 saturated carbocycles. The number of halogens is 4. The van der Waals surface area contributed by atoms with E-state index in [9.17, 15) is 22.8 Å². The normalized spacial score (nSPS) is 11.5. The largest absolute Gasteiger partial charge is 0.465 e. The van der Waals surface area contributed by atoms with Gasteiger partial charge in [0.2, 0.25) is 0 Å². The molecule has 0 spiro atoms. The van der Waals surface area contributed by atoms with Crippen molar-refractivity contribution in [1.29, 1.82) is 0 Å². The van der Waals surface area contributed by atoms with E-state index in [0.717, 1.165) is 17.2 Å². The SMILES string of the molecule is O=C(O)Nc1ncc(-n2ncc(C(=O)Nc3cnc(-n4nccn4)c(Cl)c3)c2C(F)(F)F)c2ccccc12. The Bertz CT molecular complexity index is 1690. The second kappa shape index (κ2) is 9.44. The van der Waals surface area contributed by atoms with Crippen LogP contribution in [0.25, 0.3) is 22.3 Å². The van der Waals surface area contributed by atoms with Gasteiger partial charge in [-0.05, 0) is 6.07 Å². The van der Waals surface area contributed by atoms with E-state index in [-0.39, 0.29) is 38.8 Å². The van der Waals surface area contributed by atoms with Gasteiger partial charge in [-0.25, -0.2) is 19.4 Å². The molecule has 12 nitrogen and oxygen atoms in total. The molecule has 3 N–H and O–H groups in total. The number of alkyl halides is 3. The lowest BCUT2D eigenvalue weighted by Gasteiger charge is -2.15. The Morgan fingerprint density at radius 3 is 2.32 bits per heavy atom. The zero-order valence-electron chi connectivity index (χ0n) is 18.7. The first kappa shape index (κ1) is 24.6. The molecule has 38 heavy (non-hydrogen) atoms. The van der Waals surface area contributed by atoms with Crippen molar-refractivity contribution in [2.75, 3.05) is 10.6 Å². The summed E-state index contributed by atoms with van der Waals surface area (Å²) in [5, 5.41) is 25.6. The van der Waals surface area contributed by atoms with Gasteiger partial charge in [0, 0.05) is 10.8 Å². The maximum Gasteiger partial charge on any atom is 0.434 e. The van der Waals surface area contributed by atoms with E-state index in [1.165, 1.54) is 36.8 Å². The Labute approximate surface area is 214 Å². The van der Waals surface area contributed by atoms with Crippen molar-refractivity contribution < 1.29 is 27.9 Å². The molecule has 2 amide bonds. The molecular weight excluding hydrogens is 531 g/mol. The summed E-state index contributed by atoms with van der Waals surface area (Å²) in [6.45, 7) is 0. The smallest absolute Gasteiger partial charge is 0.434 e. The van der Waals surface area contributed by atoms with Gasteiger partial charge in [0.1, 0.15) is 5.82 Å². The fourth-order valence-electron chi connectivity index (χ4n) is 3.69. The Hall–Kier alpha value is -5.05. The highest BCUT2D eigenvalue weighted by Crippen LogP contribution is 2.36. The second-order valence-corrected chi connectivity index (χ2v) is 7.99. The predicted molar refractivity (Wildman–Crippen MR) is 128 cm³/mol. The zero-order valence-corrected chi connectivity index (χ0v) is 19.4. The molecule has 192 valence electrons. The predicted octanol–water partition coefficient (Wildman–Crippen LogP) is 4.41. The number of anilines is 2. The molecule has 0 radical (unpaired) electrons. The summed E-state index contributed by atoms with van der Waals surface area (Å²) in [6.07, 6.45) is -0.610. The number of carbonyl (C=O) groups excluding carboxylic acids is 1. The van der Waals surface area contributed by atoms with E-state index in [2.05, 4.69) is 35.9 Å². The Morgan fingerprint density at radius 1 is 0.947 bits per heavy atom. The van der Waals surface area contributed by atoms with Gasteiger partial charge in [-0.15, -0.1) is 4.80 Å². The van der Waals surface area contributed by atoms with Crippen molar-refractivity contribution in [3.05, 3.63) is 77.6 Å². The van der Waals surface area contributed by atoms with E-state index in [4.69, 9.17) is 16.7 Å². The summed E-state index contributed by atoms with van der Waals surface area (Å²) >= 11 is 6.18. The maximum absolute atomic E-state index is 14.3. The van der Waals surface area contributed by atoms with Crippen molar-refractivity contribution in [2.24, 2.45) is 0 Å². The fourth-order valence-corrected chi connectivity index (χ4v) is 3.93. The first-order valence-corrected chi connectivity index (χ1v) is 10.9. The van der Waals surface area contributed by atoms with Gasteiger partial charge in [-0.2, -0.15) is 28.5 Å². The molecule has 4 heterocycles. The monoisotopic (exact) mass is 543 g/mol. The lowest BCUT2D eigenvalue weighted by molar-refractivity contribution is -0.143. The van der Waals surface area contributed by atoms with Crippen LogP contribution in [0.5, 0.6) is 0 Å². The van der Waals surface area contributed by atoms with Crippen LogP contribution in [-0.4, -0.2) is 51.8 Å². The van der Waals surface area contributed by atoms with Crippen LogP contribution in [0.4, 0.5) is 29.5 Å². The summed E-state index contributed by atoms with van der Waals surface area (Å²) in [5.41, 5.74) is -2.24. The summed E-state index contributed by atoms with van der Waals surface area (Å²) in [6, 6.07) is 7.37. The van der Waals surface area contributed by atoms with Crippen LogP contribution < -0.4 is 10.6 Å². The third-order valence-electron chi connectivity index (χ3n) is 5.20. The van der Waals surface area contributed by atoms with Gasteiger partial charge in [0.05, 0.1) is 52.9 Å². The topological polar surface area (TPSA) is 153 Å². The molecule has 0 unspecified atom stereocenters. The molecule has 0 bridgehead atoms. The second-order valence-electron chi connectivity index (χ2n) is 7.59. The number of nitrogens with zero attached hydrogens (tertiary/aromatic N) is 7. The van der Waals surface area contributed by atoms with E-state index in [0.29, 0.717) is 4.68 Å². The Morgan fingerprint density at radius 2 is 1.66 bits per heavy atom. The molecule has 0 atom stereocenters. The average molecular weight is 544 g/mol. The van der Waals surface area contributed by atoms with Crippen molar-refractivity contribution in [3.8, 4) is 11.5 Å². The number of carboxylic acid groups (broad SMARTS) is 1. The lowest BCUT2D eigenvalue weighted by atomic mass is 10.1. The number of amides is 2. The number of hydrogen-bond acceptors (Lipinski definition) is 7. The summed E-state index contributed by atoms with van der Waals surface area (Å²) in [7, 11) is 0. The lowest BCUT2D eigenvalue weighted by Crippen LogP contribution is -2.21. The van der Waals surface area contributed by atoms with Crippen molar-refractivity contribution >= 4 is 45.9 Å². The molecule has 1 aromatic carbocycles. The van der Waals surface area contributed by atoms with Crippen LogP contribution in [-0.2, 0) is 6.18 Å². The van der Waals surface area contributed by atoms with Crippen LogP contribution in [0, 0.1) is 0 Å². The Kier molecular flexibility index (Phi) is 6.12. The standard InChI is InChI=1S/C22H13ClF3N9O3/c23-15-7-11(8-28-19(15)35-29-5-6-30-35)32-20(36)14-9-31-34(17(14)22(24,25)26)16-10-27-18(33-21(37)38)13-4-2-1-3-12(13)16/h1-10H,(H,27,33)(H,32,36)(H,37,38).